The highest BCUT2D eigenvalue weighted by Crippen LogP contribution is 2.26. The van der Waals surface area contributed by atoms with Gasteiger partial charge in [-0.1, -0.05) is 47.5 Å². The van der Waals surface area contributed by atoms with E-state index in [1.54, 1.807) is 6.07 Å². The highest BCUT2D eigenvalue weighted by molar-refractivity contribution is 7.87. The fourth-order valence-electron chi connectivity index (χ4n) is 2.54. The molecule has 3 rings (SSSR count). The largest absolute Gasteiger partial charge is 0.379 e. The van der Waals surface area contributed by atoms with Crippen molar-refractivity contribution in [3.05, 3.63) is 98.0 Å². The lowest BCUT2D eigenvalue weighted by Gasteiger charge is -2.08. The van der Waals surface area contributed by atoms with Crippen LogP contribution in [-0.4, -0.2) is 25.5 Å². The molecule has 0 fully saturated rings. The Hall–Kier alpha value is -3.47. The molecule has 164 valence electrons. The number of benzene rings is 3. The molecule has 0 saturated carbocycles. The van der Waals surface area contributed by atoms with E-state index < -0.39 is 31.5 Å². The molecule has 0 aliphatic carbocycles. The molecule has 1 amide bonds. The van der Waals surface area contributed by atoms with E-state index in [1.807, 2.05) is 0 Å². The number of hydrogen-bond acceptors (Lipinski definition) is 7. The molecule has 0 bridgehead atoms. The van der Waals surface area contributed by atoms with Crippen molar-refractivity contribution in [2.75, 3.05) is 0 Å². The molecule has 32 heavy (non-hydrogen) atoms. The maximum Gasteiger partial charge on any atom is 0.346 e. The molecular weight excluding hydrogens is 481 g/mol. The Labute approximate surface area is 192 Å². The van der Waals surface area contributed by atoms with Crippen molar-refractivity contribution in [2.24, 2.45) is 5.10 Å². The maximum atomic E-state index is 12.5. The minimum absolute atomic E-state index is 0.0980. The molecule has 0 heterocycles. The molecule has 9 nitrogen and oxygen atoms in total. The van der Waals surface area contributed by atoms with Crippen LogP contribution in [0.25, 0.3) is 0 Å². The van der Waals surface area contributed by atoms with Gasteiger partial charge in [-0.2, -0.15) is 13.5 Å². The number of nitrogens with zero attached hydrogens (tertiary/aromatic N) is 2. The third-order valence-corrected chi connectivity index (χ3v) is 5.79. The number of nitrogens with one attached hydrogen (secondary N) is 1. The first-order valence-corrected chi connectivity index (χ1v) is 10.9. The zero-order valence-electron chi connectivity index (χ0n) is 15.9. The Bertz CT molecular complexity index is 1330. The molecule has 0 aromatic heterocycles. The monoisotopic (exact) mass is 493 g/mol. The van der Waals surface area contributed by atoms with E-state index in [-0.39, 0.29) is 16.3 Å². The Morgan fingerprint density at radius 3 is 2.53 bits per heavy atom. The average molecular weight is 494 g/mol. The predicted molar refractivity (Wildman–Crippen MR) is 119 cm³/mol. The van der Waals surface area contributed by atoms with Crippen LogP contribution in [0.2, 0.25) is 10.0 Å². The standard InChI is InChI=1S/C20H13Cl2N3O6S/c21-14-8-9-16(17(22)11-14)20(26)24-23-12-13-4-3-5-15(10-13)31-32(29,30)19-7-2-1-6-18(19)25(27)28/h1-12H,(H,24,26)/b23-12-. The molecular formula is C20H13Cl2N3O6S. The number of hydrazone groups is 1. The number of amides is 1. The Morgan fingerprint density at radius 2 is 1.81 bits per heavy atom. The Morgan fingerprint density at radius 1 is 1.06 bits per heavy atom. The van der Waals surface area contributed by atoms with Crippen molar-refractivity contribution in [1.29, 1.82) is 0 Å². The van der Waals surface area contributed by atoms with Gasteiger partial charge in [-0.15, -0.1) is 0 Å². The van der Waals surface area contributed by atoms with Gasteiger partial charge < -0.3 is 4.18 Å². The number of carbonyl (C=O) groups excluding carboxylic acids is 1. The molecule has 1 N–H and O–H groups in total. The van der Waals surface area contributed by atoms with Crippen LogP contribution in [0.3, 0.4) is 0 Å². The van der Waals surface area contributed by atoms with Crippen molar-refractivity contribution >= 4 is 51.1 Å². The molecule has 12 heteroatoms. The van der Waals surface area contributed by atoms with Crippen molar-refractivity contribution < 1.29 is 22.3 Å². The highest BCUT2D eigenvalue weighted by atomic mass is 35.5. The van der Waals surface area contributed by atoms with E-state index in [2.05, 4.69) is 10.5 Å². The van der Waals surface area contributed by atoms with Crippen LogP contribution >= 0.6 is 23.2 Å². The lowest BCUT2D eigenvalue weighted by Crippen LogP contribution is -2.18. The van der Waals surface area contributed by atoms with E-state index in [4.69, 9.17) is 27.4 Å². The second-order valence-corrected chi connectivity index (χ2v) is 8.52. The first kappa shape index (κ1) is 23.2. The van der Waals surface area contributed by atoms with E-state index in [0.717, 1.165) is 12.1 Å². The van der Waals surface area contributed by atoms with Crippen LogP contribution in [0.1, 0.15) is 15.9 Å². The van der Waals surface area contributed by atoms with Crippen molar-refractivity contribution in [2.45, 2.75) is 4.90 Å². The maximum absolute atomic E-state index is 12.5. The topological polar surface area (TPSA) is 128 Å². The van der Waals surface area contributed by atoms with Crippen LogP contribution in [0.4, 0.5) is 5.69 Å². The fraction of sp³-hybridized carbons (Fsp3) is 0. The number of nitro benzene ring substituents is 1. The van der Waals surface area contributed by atoms with E-state index in [0.29, 0.717) is 10.6 Å². The second kappa shape index (κ2) is 9.77. The molecule has 0 spiro atoms. The van der Waals surface area contributed by atoms with Gasteiger partial charge in [0.15, 0.2) is 4.90 Å². The third-order valence-electron chi connectivity index (χ3n) is 3.95. The van der Waals surface area contributed by atoms with Crippen LogP contribution in [0.5, 0.6) is 5.75 Å². The number of carbonyl (C=O) groups is 1. The molecule has 0 aliphatic heterocycles. The minimum Gasteiger partial charge on any atom is -0.379 e. The number of para-hydroxylation sites is 1. The van der Waals surface area contributed by atoms with Gasteiger partial charge >= 0.3 is 10.1 Å². The first-order chi connectivity index (χ1) is 15.2. The second-order valence-electron chi connectivity index (χ2n) is 6.16. The smallest absolute Gasteiger partial charge is 0.346 e. The van der Waals surface area contributed by atoms with Crippen LogP contribution < -0.4 is 9.61 Å². The molecule has 0 saturated heterocycles. The van der Waals surface area contributed by atoms with Crippen molar-refractivity contribution in [3.8, 4) is 5.75 Å². The van der Waals surface area contributed by atoms with Gasteiger partial charge in [0.1, 0.15) is 5.75 Å². The third kappa shape index (κ3) is 5.61. The van der Waals surface area contributed by atoms with Gasteiger partial charge in [0.2, 0.25) is 0 Å². The Kier molecular flexibility index (Phi) is 7.08. The molecule has 0 atom stereocenters. The molecule has 3 aromatic carbocycles. The van der Waals surface area contributed by atoms with E-state index in [1.165, 1.54) is 54.7 Å². The van der Waals surface area contributed by atoms with Gasteiger partial charge in [-0.25, -0.2) is 5.43 Å². The number of rotatable bonds is 7. The van der Waals surface area contributed by atoms with Crippen LogP contribution in [-0.2, 0) is 10.1 Å². The summed E-state index contributed by atoms with van der Waals surface area (Å²) in [6.07, 6.45) is 1.26. The van der Waals surface area contributed by atoms with Gasteiger partial charge in [0, 0.05) is 11.1 Å². The van der Waals surface area contributed by atoms with Gasteiger partial charge in [-0.3, -0.25) is 14.9 Å². The van der Waals surface area contributed by atoms with Gasteiger partial charge in [-0.05, 0) is 42.0 Å². The molecule has 0 unspecified atom stereocenters. The van der Waals surface area contributed by atoms with Crippen LogP contribution in [0, 0.1) is 10.1 Å². The van der Waals surface area contributed by atoms with Crippen LogP contribution in [0.15, 0.2) is 76.7 Å². The van der Waals surface area contributed by atoms with E-state index in [9.17, 15) is 23.3 Å². The summed E-state index contributed by atoms with van der Waals surface area (Å²) in [5.41, 5.74) is 2.25. The molecule has 3 aromatic rings. The predicted octanol–water partition coefficient (Wildman–Crippen LogP) is 4.43. The lowest BCUT2D eigenvalue weighted by molar-refractivity contribution is -0.387. The van der Waals surface area contributed by atoms with Crippen molar-refractivity contribution in [3.63, 3.8) is 0 Å². The fourth-order valence-corrected chi connectivity index (χ4v) is 4.12. The summed E-state index contributed by atoms with van der Waals surface area (Å²) in [6, 6.07) is 15.0. The zero-order chi connectivity index (χ0) is 23.3. The highest BCUT2D eigenvalue weighted by Gasteiger charge is 2.27. The summed E-state index contributed by atoms with van der Waals surface area (Å²) in [5.74, 6) is -0.673. The molecule has 0 radical (unpaired) electrons. The van der Waals surface area contributed by atoms with E-state index >= 15 is 0 Å². The summed E-state index contributed by atoms with van der Waals surface area (Å²) in [5, 5.41) is 15.4. The minimum atomic E-state index is -4.47. The average Bonchev–Trinajstić information content (AvgIpc) is 2.73. The Balaban J connectivity index is 1.74. The van der Waals surface area contributed by atoms with Gasteiger partial charge in [0.25, 0.3) is 11.6 Å². The number of nitro groups is 1. The summed E-state index contributed by atoms with van der Waals surface area (Å²) >= 11 is 11.8. The normalized spacial score (nSPS) is 11.3. The first-order valence-electron chi connectivity index (χ1n) is 8.74. The summed E-state index contributed by atoms with van der Waals surface area (Å²) in [4.78, 5) is 21.9. The molecule has 0 aliphatic rings. The number of hydrogen-bond donors (Lipinski definition) is 1. The van der Waals surface area contributed by atoms with Crippen molar-refractivity contribution in [1.82, 2.24) is 5.43 Å². The summed E-state index contributed by atoms with van der Waals surface area (Å²) < 4.78 is 30.1. The SMILES string of the molecule is O=C(N/N=C\c1cccc(OS(=O)(=O)c2ccccc2[N+](=O)[O-])c1)c1ccc(Cl)cc1Cl. The lowest BCUT2D eigenvalue weighted by atomic mass is 10.2. The zero-order valence-corrected chi connectivity index (χ0v) is 18.3. The number of halogens is 2. The summed E-state index contributed by atoms with van der Waals surface area (Å²) in [7, 11) is -4.47. The quantitative estimate of drug-likeness (QED) is 0.224. The van der Waals surface area contributed by atoms with Gasteiger partial charge in [0.05, 0.1) is 21.7 Å². The summed E-state index contributed by atoms with van der Waals surface area (Å²) in [6.45, 7) is 0.